The zero-order chi connectivity index (χ0) is 15.5. The topological polar surface area (TPSA) is 82.5 Å². The Labute approximate surface area is 123 Å². The molecule has 0 radical (unpaired) electrons. The molecule has 5 heteroatoms. The summed E-state index contributed by atoms with van der Waals surface area (Å²) in [6.07, 6.45) is 1.45. The van der Waals surface area contributed by atoms with E-state index in [1.807, 2.05) is 30.3 Å². The van der Waals surface area contributed by atoms with E-state index < -0.39 is 17.4 Å². The predicted octanol–water partition coefficient (Wildman–Crippen LogP) is 2.28. The number of rotatable bonds is 4. The number of aromatic hydroxyl groups is 1. The minimum atomic E-state index is -1.63. The number of nitrogens with zero attached hydrogens (tertiary/aromatic N) is 1. The molecule has 2 aromatic rings. The number of aliphatic hydroxyl groups is 1. The average molecular weight is 286 g/mol. The van der Waals surface area contributed by atoms with Gasteiger partial charge in [0, 0.05) is 12.1 Å². The van der Waals surface area contributed by atoms with Crippen molar-refractivity contribution in [2.24, 2.45) is 0 Å². The van der Waals surface area contributed by atoms with E-state index in [2.05, 4.69) is 10.3 Å². The van der Waals surface area contributed by atoms with Crippen molar-refractivity contribution < 1.29 is 15.0 Å². The third-order valence-electron chi connectivity index (χ3n) is 3.62. The Hall–Kier alpha value is -2.40. The van der Waals surface area contributed by atoms with Gasteiger partial charge in [0.1, 0.15) is 5.60 Å². The molecule has 3 N–H and O–H groups in total. The van der Waals surface area contributed by atoms with Crippen molar-refractivity contribution in [1.29, 1.82) is 0 Å². The lowest BCUT2D eigenvalue weighted by Gasteiger charge is -2.29. The highest BCUT2D eigenvalue weighted by molar-refractivity contribution is 5.97. The van der Waals surface area contributed by atoms with E-state index in [-0.39, 0.29) is 11.6 Å². The van der Waals surface area contributed by atoms with Crippen LogP contribution in [0, 0.1) is 0 Å². The molecule has 2 rings (SSSR count). The Morgan fingerprint density at radius 2 is 1.90 bits per heavy atom. The largest absolute Gasteiger partial charge is 0.504 e. The van der Waals surface area contributed by atoms with Gasteiger partial charge in [0.05, 0.1) is 0 Å². The maximum atomic E-state index is 12.3. The van der Waals surface area contributed by atoms with Crippen LogP contribution in [0.15, 0.2) is 48.7 Å². The van der Waals surface area contributed by atoms with Gasteiger partial charge < -0.3 is 15.5 Å². The average Bonchev–Trinajstić information content (AvgIpc) is 2.49. The molecule has 0 unspecified atom stereocenters. The van der Waals surface area contributed by atoms with Crippen molar-refractivity contribution in [1.82, 2.24) is 4.98 Å². The number of aromatic nitrogens is 1. The quantitative estimate of drug-likeness (QED) is 0.805. The molecule has 2 atom stereocenters. The van der Waals surface area contributed by atoms with Gasteiger partial charge in [0.25, 0.3) is 5.91 Å². The molecule has 0 bridgehead atoms. The molecule has 21 heavy (non-hydrogen) atoms. The van der Waals surface area contributed by atoms with Gasteiger partial charge in [0.15, 0.2) is 11.6 Å². The SMILES string of the molecule is C[C@H](c1ccccc1)[C@@](C)(O)C(=O)Nc1ncccc1O. The fourth-order valence-corrected chi connectivity index (χ4v) is 1.99. The Morgan fingerprint density at radius 3 is 2.52 bits per heavy atom. The summed E-state index contributed by atoms with van der Waals surface area (Å²) >= 11 is 0. The van der Waals surface area contributed by atoms with Crippen molar-refractivity contribution in [2.75, 3.05) is 5.32 Å². The minimum absolute atomic E-state index is 0.0306. The van der Waals surface area contributed by atoms with Gasteiger partial charge in [-0.15, -0.1) is 0 Å². The molecule has 0 saturated carbocycles. The summed E-state index contributed by atoms with van der Waals surface area (Å²) in [4.78, 5) is 16.2. The molecule has 0 spiro atoms. The molecule has 1 aromatic heterocycles. The van der Waals surface area contributed by atoms with E-state index in [1.165, 1.54) is 19.2 Å². The number of pyridine rings is 1. The van der Waals surface area contributed by atoms with E-state index in [9.17, 15) is 15.0 Å². The van der Waals surface area contributed by atoms with Crippen LogP contribution in [-0.2, 0) is 4.79 Å². The minimum Gasteiger partial charge on any atom is -0.504 e. The second-order valence-corrected chi connectivity index (χ2v) is 5.11. The molecule has 0 fully saturated rings. The van der Waals surface area contributed by atoms with Gasteiger partial charge in [-0.25, -0.2) is 4.98 Å². The van der Waals surface area contributed by atoms with E-state index in [0.717, 1.165) is 5.56 Å². The number of carbonyl (C=O) groups is 1. The Kier molecular flexibility index (Phi) is 4.23. The zero-order valence-corrected chi connectivity index (χ0v) is 11.9. The van der Waals surface area contributed by atoms with Crippen LogP contribution in [0.25, 0.3) is 0 Å². The highest BCUT2D eigenvalue weighted by atomic mass is 16.3. The van der Waals surface area contributed by atoms with Gasteiger partial charge in [-0.05, 0) is 24.6 Å². The monoisotopic (exact) mass is 286 g/mol. The third-order valence-corrected chi connectivity index (χ3v) is 3.62. The first-order chi connectivity index (χ1) is 9.93. The second-order valence-electron chi connectivity index (χ2n) is 5.11. The number of amides is 1. The number of hydrogen-bond donors (Lipinski definition) is 3. The fourth-order valence-electron chi connectivity index (χ4n) is 1.99. The van der Waals surface area contributed by atoms with Crippen LogP contribution in [-0.4, -0.2) is 26.7 Å². The van der Waals surface area contributed by atoms with Crippen LogP contribution in [0.3, 0.4) is 0 Å². The molecule has 0 aliphatic heterocycles. The zero-order valence-electron chi connectivity index (χ0n) is 11.9. The summed E-state index contributed by atoms with van der Waals surface area (Å²) < 4.78 is 0. The van der Waals surface area contributed by atoms with Crippen LogP contribution in [0.1, 0.15) is 25.3 Å². The standard InChI is InChI=1S/C16H18N2O3/c1-11(12-7-4-3-5-8-12)16(2,21)15(20)18-14-13(19)9-6-10-17-14/h3-11,19,21H,1-2H3,(H,17,18,20)/t11-,16-/m1/s1. The maximum absolute atomic E-state index is 12.3. The summed E-state index contributed by atoms with van der Waals surface area (Å²) in [6.45, 7) is 3.22. The maximum Gasteiger partial charge on any atom is 0.257 e. The highest BCUT2D eigenvalue weighted by Crippen LogP contribution is 2.29. The van der Waals surface area contributed by atoms with Crippen molar-refractivity contribution in [3.63, 3.8) is 0 Å². The molecule has 0 aliphatic rings. The van der Waals surface area contributed by atoms with Crippen LogP contribution < -0.4 is 5.32 Å². The van der Waals surface area contributed by atoms with Gasteiger partial charge in [0.2, 0.25) is 0 Å². The first-order valence-electron chi connectivity index (χ1n) is 6.65. The van der Waals surface area contributed by atoms with Crippen molar-refractivity contribution in [3.05, 3.63) is 54.2 Å². The Morgan fingerprint density at radius 1 is 1.24 bits per heavy atom. The van der Waals surface area contributed by atoms with Crippen molar-refractivity contribution >= 4 is 11.7 Å². The second kappa shape index (κ2) is 5.93. The van der Waals surface area contributed by atoms with Crippen molar-refractivity contribution in [2.45, 2.75) is 25.4 Å². The first-order valence-corrected chi connectivity index (χ1v) is 6.65. The highest BCUT2D eigenvalue weighted by Gasteiger charge is 2.37. The smallest absolute Gasteiger partial charge is 0.257 e. The number of carbonyl (C=O) groups excluding carboxylic acids is 1. The summed E-state index contributed by atoms with van der Waals surface area (Å²) in [6, 6.07) is 12.2. The van der Waals surface area contributed by atoms with Gasteiger partial charge in [-0.3, -0.25) is 4.79 Å². The molecule has 1 amide bonds. The summed E-state index contributed by atoms with van der Waals surface area (Å²) in [5.74, 6) is -1.14. The van der Waals surface area contributed by atoms with E-state index >= 15 is 0 Å². The van der Waals surface area contributed by atoms with Gasteiger partial charge in [-0.2, -0.15) is 0 Å². The van der Waals surface area contributed by atoms with Crippen LogP contribution in [0.5, 0.6) is 5.75 Å². The fraction of sp³-hybridized carbons (Fsp3) is 0.250. The first kappa shape index (κ1) is 15.0. The van der Waals surface area contributed by atoms with E-state index in [0.29, 0.717) is 0 Å². The molecule has 110 valence electrons. The predicted molar refractivity (Wildman–Crippen MR) is 80.0 cm³/mol. The number of nitrogens with one attached hydrogen (secondary N) is 1. The molecule has 1 heterocycles. The third kappa shape index (κ3) is 3.20. The Bertz CT molecular complexity index is 626. The molecular weight excluding hydrogens is 268 g/mol. The lowest BCUT2D eigenvalue weighted by Crippen LogP contribution is -2.44. The summed E-state index contributed by atoms with van der Waals surface area (Å²) in [5, 5.41) is 22.6. The molecule has 1 aromatic carbocycles. The summed E-state index contributed by atoms with van der Waals surface area (Å²) in [7, 11) is 0. The number of hydrogen-bond acceptors (Lipinski definition) is 4. The van der Waals surface area contributed by atoms with Crippen LogP contribution >= 0.6 is 0 Å². The van der Waals surface area contributed by atoms with Crippen LogP contribution in [0.2, 0.25) is 0 Å². The lowest BCUT2D eigenvalue weighted by molar-refractivity contribution is -0.134. The number of benzene rings is 1. The normalized spacial score (nSPS) is 15.0. The van der Waals surface area contributed by atoms with Crippen molar-refractivity contribution in [3.8, 4) is 5.75 Å². The van der Waals surface area contributed by atoms with E-state index in [1.54, 1.807) is 13.0 Å². The van der Waals surface area contributed by atoms with Gasteiger partial charge >= 0.3 is 0 Å². The number of anilines is 1. The lowest BCUT2D eigenvalue weighted by atomic mass is 9.84. The molecule has 5 nitrogen and oxygen atoms in total. The van der Waals surface area contributed by atoms with Gasteiger partial charge in [-0.1, -0.05) is 37.3 Å². The molecule has 0 saturated heterocycles. The van der Waals surface area contributed by atoms with Crippen LogP contribution in [0.4, 0.5) is 5.82 Å². The molecular formula is C16H18N2O3. The van der Waals surface area contributed by atoms with E-state index in [4.69, 9.17) is 0 Å². The Balaban J connectivity index is 2.19. The summed E-state index contributed by atoms with van der Waals surface area (Å²) in [5.41, 5.74) is -0.784. The molecule has 0 aliphatic carbocycles.